The number of nitrogen functional groups attached to an aromatic ring is 1. The monoisotopic (exact) mass is 377 g/mol. The number of aromatic nitrogens is 2. The molecule has 0 radical (unpaired) electrons. The van der Waals surface area contributed by atoms with E-state index in [1.807, 2.05) is 18.2 Å². The minimum Gasteiger partial charge on any atom is -0.477 e. The quantitative estimate of drug-likeness (QED) is 0.623. The molecule has 0 spiro atoms. The number of anilines is 1. The maximum Gasteiger partial charge on any atom is 0.223 e. The number of hydrogen-bond acceptors (Lipinski definition) is 5. The first kappa shape index (κ1) is 18.5. The first-order valence-corrected chi connectivity index (χ1v) is 10.2. The van der Waals surface area contributed by atoms with Gasteiger partial charge in [-0.25, -0.2) is 4.98 Å². The lowest BCUT2D eigenvalue weighted by atomic mass is 9.90. The zero-order valence-corrected chi connectivity index (χ0v) is 16.1. The Balaban J connectivity index is 1.38. The van der Waals surface area contributed by atoms with Crippen molar-refractivity contribution < 1.29 is 9.15 Å². The highest BCUT2D eigenvalue weighted by atomic mass is 16.5. The van der Waals surface area contributed by atoms with Gasteiger partial charge in [0.05, 0.1) is 18.6 Å². The predicted molar refractivity (Wildman–Crippen MR) is 110 cm³/mol. The molecule has 1 saturated carbocycles. The third kappa shape index (κ3) is 4.91. The molecule has 28 heavy (non-hydrogen) atoms. The number of nitrogens with zero attached hydrogens (tertiary/aromatic N) is 2. The van der Waals surface area contributed by atoms with Gasteiger partial charge in [-0.2, -0.15) is 4.98 Å². The van der Waals surface area contributed by atoms with Gasteiger partial charge < -0.3 is 14.9 Å². The molecule has 1 aliphatic rings. The topological polar surface area (TPSA) is 74.2 Å². The second-order valence-corrected chi connectivity index (χ2v) is 7.55. The van der Waals surface area contributed by atoms with Crippen LogP contribution >= 0.6 is 0 Å². The second kappa shape index (κ2) is 8.91. The van der Waals surface area contributed by atoms with E-state index < -0.39 is 0 Å². The number of nitrogens with two attached hydrogens (primary N) is 1. The molecule has 0 atom stereocenters. The molecule has 146 valence electrons. The number of aryl methyl sites for hydroxylation is 2. The lowest BCUT2D eigenvalue weighted by Gasteiger charge is -2.21. The SMILES string of the molecule is Nc1nc(CCc2cccc(-c3ccco3)c2)cc(OCC2CCCCC2)n1. The molecule has 5 nitrogen and oxygen atoms in total. The highest BCUT2D eigenvalue weighted by Crippen LogP contribution is 2.25. The van der Waals surface area contributed by atoms with E-state index >= 15 is 0 Å². The molecule has 0 saturated heterocycles. The van der Waals surface area contributed by atoms with Gasteiger partial charge in [-0.3, -0.25) is 0 Å². The minimum atomic E-state index is 0.278. The molecule has 1 aliphatic carbocycles. The van der Waals surface area contributed by atoms with Crippen molar-refractivity contribution in [3.63, 3.8) is 0 Å². The summed E-state index contributed by atoms with van der Waals surface area (Å²) in [5.41, 5.74) is 9.14. The average Bonchev–Trinajstić information content (AvgIpc) is 3.26. The van der Waals surface area contributed by atoms with Gasteiger partial charge in [-0.1, -0.05) is 37.5 Å². The van der Waals surface area contributed by atoms with Crippen molar-refractivity contribution in [2.24, 2.45) is 5.92 Å². The summed E-state index contributed by atoms with van der Waals surface area (Å²) >= 11 is 0. The number of hydrogen-bond donors (Lipinski definition) is 1. The van der Waals surface area contributed by atoms with Crippen molar-refractivity contribution in [1.29, 1.82) is 0 Å². The van der Waals surface area contributed by atoms with E-state index in [2.05, 4.69) is 34.2 Å². The standard InChI is InChI=1S/C23H27N3O2/c24-23-25-20(15-22(26-23)28-16-18-6-2-1-3-7-18)12-11-17-8-4-9-19(14-17)21-10-5-13-27-21/h4-5,8-10,13-15,18H,1-3,6-7,11-12,16H2,(H2,24,25,26). The van der Waals surface area contributed by atoms with Gasteiger partial charge in [0.2, 0.25) is 11.8 Å². The molecule has 5 heteroatoms. The van der Waals surface area contributed by atoms with Crippen molar-refractivity contribution in [3.8, 4) is 17.2 Å². The van der Waals surface area contributed by atoms with Gasteiger partial charge in [0.15, 0.2) is 0 Å². The van der Waals surface area contributed by atoms with Crippen molar-refractivity contribution in [3.05, 3.63) is 60.0 Å². The van der Waals surface area contributed by atoms with E-state index in [1.54, 1.807) is 6.26 Å². The number of rotatable bonds is 7. The third-order valence-corrected chi connectivity index (χ3v) is 5.37. The van der Waals surface area contributed by atoms with E-state index in [4.69, 9.17) is 14.9 Å². The summed E-state index contributed by atoms with van der Waals surface area (Å²) in [5, 5.41) is 0. The fourth-order valence-electron chi connectivity index (χ4n) is 3.85. The highest BCUT2D eigenvalue weighted by molar-refractivity contribution is 5.58. The Hall–Kier alpha value is -2.82. The van der Waals surface area contributed by atoms with Crippen LogP contribution in [0.3, 0.4) is 0 Å². The summed E-state index contributed by atoms with van der Waals surface area (Å²) in [5.74, 6) is 2.39. The fraction of sp³-hybridized carbons (Fsp3) is 0.391. The Kier molecular flexibility index (Phi) is 5.90. The van der Waals surface area contributed by atoms with Gasteiger partial charge in [0.1, 0.15) is 5.76 Å². The summed E-state index contributed by atoms with van der Waals surface area (Å²) in [6.07, 6.45) is 9.81. The van der Waals surface area contributed by atoms with Crippen LogP contribution in [0.15, 0.2) is 53.1 Å². The fourth-order valence-corrected chi connectivity index (χ4v) is 3.85. The number of ether oxygens (including phenoxy) is 1. The molecule has 0 unspecified atom stereocenters. The van der Waals surface area contributed by atoms with Crippen LogP contribution in [0.2, 0.25) is 0 Å². The molecule has 1 aromatic carbocycles. The zero-order chi connectivity index (χ0) is 19.2. The van der Waals surface area contributed by atoms with Crippen LogP contribution in [0.25, 0.3) is 11.3 Å². The van der Waals surface area contributed by atoms with Crippen LogP contribution in [-0.4, -0.2) is 16.6 Å². The average molecular weight is 377 g/mol. The highest BCUT2D eigenvalue weighted by Gasteiger charge is 2.15. The molecule has 0 bridgehead atoms. The van der Waals surface area contributed by atoms with Gasteiger partial charge in [-0.15, -0.1) is 0 Å². The Morgan fingerprint density at radius 3 is 2.71 bits per heavy atom. The summed E-state index contributed by atoms with van der Waals surface area (Å²) < 4.78 is 11.4. The van der Waals surface area contributed by atoms with Crippen molar-refractivity contribution >= 4 is 5.95 Å². The number of furan rings is 1. The Labute approximate surface area is 166 Å². The Morgan fingerprint density at radius 2 is 1.89 bits per heavy atom. The smallest absolute Gasteiger partial charge is 0.223 e. The van der Waals surface area contributed by atoms with Gasteiger partial charge in [0, 0.05) is 11.6 Å². The Bertz CT molecular complexity index is 887. The van der Waals surface area contributed by atoms with Crippen LogP contribution in [0.5, 0.6) is 5.88 Å². The molecule has 2 N–H and O–H groups in total. The lowest BCUT2D eigenvalue weighted by molar-refractivity contribution is 0.202. The van der Waals surface area contributed by atoms with Crippen molar-refractivity contribution in [2.45, 2.75) is 44.9 Å². The summed E-state index contributed by atoms with van der Waals surface area (Å²) in [6.45, 7) is 0.723. The zero-order valence-electron chi connectivity index (χ0n) is 16.1. The van der Waals surface area contributed by atoms with E-state index in [-0.39, 0.29) is 5.95 Å². The minimum absolute atomic E-state index is 0.278. The van der Waals surface area contributed by atoms with Crippen molar-refractivity contribution in [1.82, 2.24) is 9.97 Å². The van der Waals surface area contributed by atoms with Crippen molar-refractivity contribution in [2.75, 3.05) is 12.3 Å². The van der Waals surface area contributed by atoms with Gasteiger partial charge in [0.25, 0.3) is 0 Å². The molecule has 4 rings (SSSR count). The predicted octanol–water partition coefficient (Wildman–Crippen LogP) is 5.06. The van der Waals surface area contributed by atoms with E-state index in [1.165, 1.54) is 37.7 Å². The molecular weight excluding hydrogens is 350 g/mol. The maximum atomic E-state index is 5.94. The first-order valence-electron chi connectivity index (χ1n) is 10.2. The normalized spacial score (nSPS) is 14.9. The van der Waals surface area contributed by atoms with Gasteiger partial charge >= 0.3 is 0 Å². The largest absolute Gasteiger partial charge is 0.477 e. The summed E-state index contributed by atoms with van der Waals surface area (Å²) in [4.78, 5) is 8.64. The maximum absolute atomic E-state index is 5.94. The van der Waals surface area contributed by atoms with Gasteiger partial charge in [-0.05, 0) is 55.4 Å². The van der Waals surface area contributed by atoms with Crippen LogP contribution < -0.4 is 10.5 Å². The van der Waals surface area contributed by atoms with Crippen LogP contribution in [0.1, 0.15) is 43.4 Å². The first-order chi connectivity index (χ1) is 13.8. The molecule has 3 aromatic rings. The van der Waals surface area contributed by atoms with E-state index in [0.717, 1.165) is 36.5 Å². The van der Waals surface area contributed by atoms with E-state index in [9.17, 15) is 0 Å². The molecule has 2 aromatic heterocycles. The van der Waals surface area contributed by atoms with Crippen LogP contribution in [-0.2, 0) is 12.8 Å². The molecule has 0 amide bonds. The molecular formula is C23H27N3O2. The second-order valence-electron chi connectivity index (χ2n) is 7.55. The lowest BCUT2D eigenvalue weighted by Crippen LogP contribution is -2.16. The Morgan fingerprint density at radius 1 is 1.00 bits per heavy atom. The third-order valence-electron chi connectivity index (χ3n) is 5.37. The van der Waals surface area contributed by atoms with Crippen LogP contribution in [0.4, 0.5) is 5.95 Å². The van der Waals surface area contributed by atoms with Crippen LogP contribution in [0, 0.1) is 5.92 Å². The summed E-state index contributed by atoms with van der Waals surface area (Å²) in [6, 6.07) is 14.2. The molecule has 2 heterocycles. The molecule has 0 aliphatic heterocycles. The summed E-state index contributed by atoms with van der Waals surface area (Å²) in [7, 11) is 0. The van der Waals surface area contributed by atoms with E-state index in [0.29, 0.717) is 11.8 Å². The number of benzene rings is 1. The molecule has 1 fully saturated rings.